The highest BCUT2D eigenvalue weighted by molar-refractivity contribution is 5.92. The minimum atomic E-state index is -0.820. The molecule has 3 aromatic rings. The summed E-state index contributed by atoms with van der Waals surface area (Å²) in [7, 11) is 0. The van der Waals surface area contributed by atoms with Crippen molar-refractivity contribution in [2.45, 2.75) is 0 Å². The van der Waals surface area contributed by atoms with Crippen molar-refractivity contribution in [3.8, 4) is 34.3 Å². The van der Waals surface area contributed by atoms with E-state index in [4.69, 9.17) is 4.42 Å². The van der Waals surface area contributed by atoms with Crippen LogP contribution in [0, 0.1) is 0 Å². The molecule has 2 aromatic carbocycles. The summed E-state index contributed by atoms with van der Waals surface area (Å²) in [5.74, 6) is -2.91. The molecule has 3 rings (SSSR count). The van der Waals surface area contributed by atoms with Crippen LogP contribution >= 0.6 is 0 Å². The van der Waals surface area contributed by atoms with Crippen LogP contribution in [-0.2, 0) is 0 Å². The minimum absolute atomic E-state index is 0.136. The Morgan fingerprint density at radius 1 is 0.905 bits per heavy atom. The van der Waals surface area contributed by atoms with E-state index in [1.807, 2.05) is 0 Å². The van der Waals surface area contributed by atoms with E-state index in [-0.39, 0.29) is 16.5 Å². The van der Waals surface area contributed by atoms with Crippen molar-refractivity contribution in [2.75, 3.05) is 0 Å². The van der Waals surface area contributed by atoms with E-state index in [0.717, 1.165) is 6.07 Å². The maximum Gasteiger partial charge on any atom is 0.294 e. The van der Waals surface area contributed by atoms with Crippen molar-refractivity contribution in [3.05, 3.63) is 46.6 Å². The first-order valence-corrected chi connectivity index (χ1v) is 5.99. The van der Waals surface area contributed by atoms with E-state index < -0.39 is 28.6 Å². The number of fused-ring (bicyclic) bond motifs is 1. The Morgan fingerprint density at radius 3 is 2.24 bits per heavy atom. The lowest BCUT2D eigenvalue weighted by molar-refractivity contribution is 0.338. The fraction of sp³-hybridized carbons (Fsp3) is 0. The maximum atomic E-state index is 12.5. The summed E-state index contributed by atoms with van der Waals surface area (Å²) in [6, 6.07) is 9.22. The molecule has 1 heterocycles. The molecule has 21 heavy (non-hydrogen) atoms. The summed E-state index contributed by atoms with van der Waals surface area (Å²) in [5, 5.41) is 38.3. The lowest BCUT2D eigenvalue weighted by atomic mass is 10.0. The number of phenols is 3. The molecule has 0 fully saturated rings. The largest absolute Gasteiger partial charge is 0.504 e. The van der Waals surface area contributed by atoms with Crippen LogP contribution in [0.5, 0.6) is 23.2 Å². The molecular formula is C15H10O6. The van der Waals surface area contributed by atoms with Crippen molar-refractivity contribution in [1.82, 2.24) is 0 Å². The van der Waals surface area contributed by atoms with Gasteiger partial charge in [-0.15, -0.1) is 0 Å². The molecular weight excluding hydrogens is 276 g/mol. The highest BCUT2D eigenvalue weighted by atomic mass is 16.5. The lowest BCUT2D eigenvalue weighted by Gasteiger charge is -2.08. The van der Waals surface area contributed by atoms with Crippen LogP contribution in [0.15, 0.2) is 45.6 Å². The zero-order valence-corrected chi connectivity index (χ0v) is 10.6. The molecule has 106 valence electrons. The highest BCUT2D eigenvalue weighted by Gasteiger charge is 2.21. The molecule has 6 heteroatoms. The Kier molecular flexibility index (Phi) is 2.72. The van der Waals surface area contributed by atoms with Gasteiger partial charge in [0.1, 0.15) is 16.5 Å². The summed E-state index contributed by atoms with van der Waals surface area (Å²) in [6.45, 7) is 0. The second-order valence-electron chi connectivity index (χ2n) is 4.44. The van der Waals surface area contributed by atoms with E-state index >= 15 is 0 Å². The summed E-state index contributed by atoms with van der Waals surface area (Å²) in [4.78, 5) is 12.5. The smallest absolute Gasteiger partial charge is 0.294 e. The number of benzene rings is 2. The monoisotopic (exact) mass is 286 g/mol. The van der Waals surface area contributed by atoms with Gasteiger partial charge in [0.15, 0.2) is 11.5 Å². The molecule has 0 aliphatic rings. The van der Waals surface area contributed by atoms with E-state index in [2.05, 4.69) is 0 Å². The molecule has 0 saturated heterocycles. The Balaban J connectivity index is 2.47. The van der Waals surface area contributed by atoms with Crippen LogP contribution in [0.1, 0.15) is 0 Å². The van der Waals surface area contributed by atoms with Crippen LogP contribution in [-0.4, -0.2) is 20.4 Å². The first kappa shape index (κ1) is 12.9. The zero-order valence-electron chi connectivity index (χ0n) is 10.6. The van der Waals surface area contributed by atoms with Gasteiger partial charge in [-0.1, -0.05) is 30.3 Å². The Morgan fingerprint density at radius 2 is 1.57 bits per heavy atom. The minimum Gasteiger partial charge on any atom is -0.504 e. The first-order valence-electron chi connectivity index (χ1n) is 5.99. The van der Waals surface area contributed by atoms with E-state index in [9.17, 15) is 25.2 Å². The fourth-order valence-electron chi connectivity index (χ4n) is 2.16. The van der Waals surface area contributed by atoms with Gasteiger partial charge in [-0.3, -0.25) is 4.79 Å². The standard InChI is InChI=1S/C15H10O6/c16-8-6-9-11(14(19)12(8)17)13(18)10(15(20)21-9)7-4-2-1-3-5-7/h1-6,16-17,19-20H. The van der Waals surface area contributed by atoms with Gasteiger partial charge in [-0.25, -0.2) is 0 Å². The lowest BCUT2D eigenvalue weighted by Crippen LogP contribution is -2.05. The normalized spacial score (nSPS) is 10.9. The van der Waals surface area contributed by atoms with Gasteiger partial charge in [-0.2, -0.15) is 0 Å². The third-order valence-electron chi connectivity index (χ3n) is 3.16. The predicted octanol–water partition coefficient (Wildman–Crippen LogP) is 2.28. The Bertz CT molecular complexity index is 896. The van der Waals surface area contributed by atoms with Crippen LogP contribution in [0.3, 0.4) is 0 Å². The van der Waals surface area contributed by atoms with Gasteiger partial charge in [0, 0.05) is 6.07 Å². The predicted molar refractivity (Wildman–Crippen MR) is 74.6 cm³/mol. The summed E-state index contributed by atoms with van der Waals surface area (Å²) in [5.41, 5.74) is -0.682. The number of hydrogen-bond acceptors (Lipinski definition) is 6. The number of aromatic hydroxyl groups is 4. The fourth-order valence-corrected chi connectivity index (χ4v) is 2.16. The zero-order chi connectivity index (χ0) is 15.1. The van der Waals surface area contributed by atoms with Crippen molar-refractivity contribution in [1.29, 1.82) is 0 Å². The second kappa shape index (κ2) is 4.45. The van der Waals surface area contributed by atoms with Crippen molar-refractivity contribution < 1.29 is 24.8 Å². The highest BCUT2D eigenvalue weighted by Crippen LogP contribution is 2.42. The molecule has 6 nitrogen and oxygen atoms in total. The van der Waals surface area contributed by atoms with Crippen LogP contribution in [0.25, 0.3) is 22.1 Å². The number of hydrogen-bond donors (Lipinski definition) is 4. The summed E-state index contributed by atoms with van der Waals surface area (Å²) >= 11 is 0. The van der Waals surface area contributed by atoms with Gasteiger partial charge in [0.2, 0.25) is 11.2 Å². The van der Waals surface area contributed by atoms with E-state index in [1.165, 1.54) is 0 Å². The summed E-state index contributed by atoms with van der Waals surface area (Å²) < 4.78 is 5.07. The average Bonchev–Trinajstić information content (AvgIpc) is 2.45. The van der Waals surface area contributed by atoms with Crippen LogP contribution in [0.2, 0.25) is 0 Å². The summed E-state index contributed by atoms with van der Waals surface area (Å²) in [6.07, 6.45) is 0. The van der Waals surface area contributed by atoms with Gasteiger partial charge in [-0.05, 0) is 5.56 Å². The number of rotatable bonds is 1. The molecule has 0 amide bonds. The van der Waals surface area contributed by atoms with Gasteiger partial charge in [0.25, 0.3) is 5.95 Å². The van der Waals surface area contributed by atoms with Crippen molar-refractivity contribution in [2.24, 2.45) is 0 Å². The quantitative estimate of drug-likeness (QED) is 0.511. The third kappa shape index (κ3) is 1.85. The average molecular weight is 286 g/mol. The van der Waals surface area contributed by atoms with Gasteiger partial charge < -0.3 is 24.8 Å². The topological polar surface area (TPSA) is 111 Å². The van der Waals surface area contributed by atoms with Gasteiger partial charge >= 0.3 is 0 Å². The molecule has 0 bridgehead atoms. The van der Waals surface area contributed by atoms with E-state index in [1.54, 1.807) is 30.3 Å². The molecule has 0 spiro atoms. The molecule has 0 radical (unpaired) electrons. The molecule has 0 saturated carbocycles. The van der Waals surface area contributed by atoms with Crippen molar-refractivity contribution >= 4 is 11.0 Å². The molecule has 4 N–H and O–H groups in total. The third-order valence-corrected chi connectivity index (χ3v) is 3.16. The maximum absolute atomic E-state index is 12.5. The Hall–Kier alpha value is -3.15. The first-order chi connectivity index (χ1) is 10.0. The second-order valence-corrected chi connectivity index (χ2v) is 4.44. The molecule has 0 aliphatic heterocycles. The van der Waals surface area contributed by atoms with Crippen LogP contribution in [0.4, 0.5) is 0 Å². The van der Waals surface area contributed by atoms with Crippen LogP contribution < -0.4 is 5.43 Å². The van der Waals surface area contributed by atoms with Gasteiger partial charge in [0.05, 0.1) is 0 Å². The van der Waals surface area contributed by atoms with E-state index in [0.29, 0.717) is 5.56 Å². The molecule has 1 aromatic heterocycles. The Labute approximate surface area is 117 Å². The molecule has 0 unspecified atom stereocenters. The number of phenolic OH excluding ortho intramolecular Hbond substituents is 3. The van der Waals surface area contributed by atoms with Crippen molar-refractivity contribution in [3.63, 3.8) is 0 Å². The molecule has 0 aliphatic carbocycles. The molecule has 0 atom stereocenters. The SMILES string of the molecule is O=c1c(-c2ccccc2)c(O)oc2cc(O)c(O)c(O)c12.